The van der Waals surface area contributed by atoms with Crippen LogP contribution in [0.4, 0.5) is 0 Å². The molecule has 3 nitrogen and oxygen atoms in total. The van der Waals surface area contributed by atoms with Gasteiger partial charge in [0.2, 0.25) is 0 Å². The fourth-order valence-corrected chi connectivity index (χ4v) is 3.44. The summed E-state index contributed by atoms with van der Waals surface area (Å²) in [6.07, 6.45) is 0.623. The Balaban J connectivity index is 2.47. The van der Waals surface area contributed by atoms with Crippen molar-refractivity contribution in [1.82, 2.24) is 0 Å². The minimum atomic E-state index is -0.359. The van der Waals surface area contributed by atoms with Gasteiger partial charge in [0.25, 0.3) is 0 Å². The van der Waals surface area contributed by atoms with E-state index in [9.17, 15) is 9.59 Å². The largest absolute Gasteiger partial charge is 0.459 e. The zero-order chi connectivity index (χ0) is 11.7. The highest BCUT2D eigenvalue weighted by Gasteiger charge is 2.18. The SMILES string of the molecule is CC(C)OC(=O)c1csc2scc(C=O)c12. The van der Waals surface area contributed by atoms with Gasteiger partial charge in [0.05, 0.1) is 15.7 Å². The Kier molecular flexibility index (Phi) is 3.07. The Hall–Kier alpha value is -1.20. The van der Waals surface area contributed by atoms with Crippen molar-refractivity contribution in [3.63, 3.8) is 0 Å². The van der Waals surface area contributed by atoms with Gasteiger partial charge < -0.3 is 4.74 Å². The van der Waals surface area contributed by atoms with E-state index in [1.54, 1.807) is 24.6 Å². The molecule has 0 aliphatic rings. The van der Waals surface area contributed by atoms with Crippen LogP contribution in [0.5, 0.6) is 0 Å². The molecule has 2 aromatic rings. The van der Waals surface area contributed by atoms with E-state index >= 15 is 0 Å². The van der Waals surface area contributed by atoms with E-state index in [0.29, 0.717) is 11.1 Å². The summed E-state index contributed by atoms with van der Waals surface area (Å²) in [5.41, 5.74) is 1.06. The van der Waals surface area contributed by atoms with E-state index in [-0.39, 0.29) is 12.1 Å². The molecular weight excluding hydrogens is 244 g/mol. The maximum atomic E-state index is 11.8. The second-order valence-corrected chi connectivity index (χ2v) is 5.59. The number of rotatable bonds is 3. The predicted molar refractivity (Wildman–Crippen MR) is 65.6 cm³/mol. The van der Waals surface area contributed by atoms with Crippen LogP contribution in [0.3, 0.4) is 0 Å². The van der Waals surface area contributed by atoms with E-state index in [1.165, 1.54) is 22.7 Å². The molecule has 0 atom stereocenters. The molecule has 0 aliphatic carbocycles. The lowest BCUT2D eigenvalue weighted by Crippen LogP contribution is -2.11. The van der Waals surface area contributed by atoms with Crippen LogP contribution in [0.1, 0.15) is 34.6 Å². The summed E-state index contributed by atoms with van der Waals surface area (Å²) in [5.74, 6) is -0.359. The van der Waals surface area contributed by atoms with Crippen molar-refractivity contribution in [2.45, 2.75) is 20.0 Å². The van der Waals surface area contributed by atoms with Crippen LogP contribution >= 0.6 is 22.7 Å². The van der Waals surface area contributed by atoms with Gasteiger partial charge in [0, 0.05) is 21.7 Å². The van der Waals surface area contributed by atoms with Gasteiger partial charge in [-0.05, 0) is 13.8 Å². The first-order chi connectivity index (χ1) is 7.63. The van der Waals surface area contributed by atoms with Crippen LogP contribution in [0.15, 0.2) is 10.8 Å². The predicted octanol–water partition coefficient (Wildman–Crippen LogP) is 3.34. The fourth-order valence-electron chi connectivity index (χ4n) is 1.39. The molecule has 0 amide bonds. The van der Waals surface area contributed by atoms with Crippen molar-refractivity contribution in [3.8, 4) is 0 Å². The summed E-state index contributed by atoms with van der Waals surface area (Å²) in [6, 6.07) is 0. The van der Waals surface area contributed by atoms with E-state index < -0.39 is 0 Å². The molecular formula is C11H10O3S2. The number of hydrogen-bond acceptors (Lipinski definition) is 5. The summed E-state index contributed by atoms with van der Waals surface area (Å²) in [4.78, 5) is 22.6. The zero-order valence-electron chi connectivity index (χ0n) is 8.85. The minimum absolute atomic E-state index is 0.152. The van der Waals surface area contributed by atoms with Crippen molar-refractivity contribution in [3.05, 3.63) is 21.9 Å². The van der Waals surface area contributed by atoms with E-state index in [0.717, 1.165) is 15.7 Å². The van der Waals surface area contributed by atoms with Crippen molar-refractivity contribution in [1.29, 1.82) is 0 Å². The first kappa shape index (κ1) is 11.3. The van der Waals surface area contributed by atoms with Crippen LogP contribution < -0.4 is 0 Å². The molecule has 5 heteroatoms. The van der Waals surface area contributed by atoms with Crippen LogP contribution in [0.2, 0.25) is 0 Å². The number of ether oxygens (including phenoxy) is 1. The van der Waals surface area contributed by atoms with Crippen LogP contribution in [0, 0.1) is 0 Å². The smallest absolute Gasteiger partial charge is 0.339 e. The van der Waals surface area contributed by atoms with Gasteiger partial charge in [-0.2, -0.15) is 0 Å². The highest BCUT2D eigenvalue weighted by atomic mass is 32.2. The minimum Gasteiger partial charge on any atom is -0.459 e. The van der Waals surface area contributed by atoms with Crippen LogP contribution in [-0.4, -0.2) is 18.4 Å². The molecule has 0 saturated heterocycles. The number of thiophene rings is 2. The molecule has 84 valence electrons. The zero-order valence-corrected chi connectivity index (χ0v) is 10.5. The molecule has 0 radical (unpaired) electrons. The maximum Gasteiger partial charge on any atom is 0.339 e. The highest BCUT2D eigenvalue weighted by Crippen LogP contribution is 2.34. The van der Waals surface area contributed by atoms with E-state index in [2.05, 4.69) is 0 Å². The quantitative estimate of drug-likeness (QED) is 0.623. The van der Waals surface area contributed by atoms with Gasteiger partial charge >= 0.3 is 5.97 Å². The Bertz CT molecular complexity index is 536. The Morgan fingerprint density at radius 2 is 2.06 bits per heavy atom. The lowest BCUT2D eigenvalue weighted by atomic mass is 10.2. The lowest BCUT2D eigenvalue weighted by Gasteiger charge is -2.06. The molecule has 2 aromatic heterocycles. The summed E-state index contributed by atoms with van der Waals surface area (Å²) in [5, 5.41) is 4.25. The number of esters is 1. The number of carbonyl (C=O) groups is 2. The van der Waals surface area contributed by atoms with Crippen molar-refractivity contribution < 1.29 is 14.3 Å². The third kappa shape index (κ3) is 1.88. The highest BCUT2D eigenvalue weighted by molar-refractivity contribution is 7.37. The monoisotopic (exact) mass is 254 g/mol. The third-order valence-electron chi connectivity index (χ3n) is 2.03. The molecule has 0 unspecified atom stereocenters. The van der Waals surface area contributed by atoms with Gasteiger partial charge in [-0.1, -0.05) is 0 Å². The molecule has 16 heavy (non-hydrogen) atoms. The van der Waals surface area contributed by atoms with Gasteiger partial charge in [-0.15, -0.1) is 22.7 Å². The number of hydrogen-bond donors (Lipinski definition) is 0. The number of aldehydes is 1. The Labute approximate surface area is 101 Å². The molecule has 0 spiro atoms. The first-order valence-electron chi connectivity index (χ1n) is 4.78. The van der Waals surface area contributed by atoms with Crippen LogP contribution in [0.25, 0.3) is 9.40 Å². The van der Waals surface area contributed by atoms with Crippen molar-refractivity contribution in [2.75, 3.05) is 0 Å². The van der Waals surface area contributed by atoms with Crippen molar-refractivity contribution in [2.24, 2.45) is 0 Å². The van der Waals surface area contributed by atoms with Gasteiger partial charge in [0.1, 0.15) is 0 Å². The van der Waals surface area contributed by atoms with Gasteiger partial charge in [-0.3, -0.25) is 4.79 Å². The molecule has 0 bridgehead atoms. The average molecular weight is 254 g/mol. The summed E-state index contributed by atoms with van der Waals surface area (Å²) in [6.45, 7) is 3.60. The Morgan fingerprint density at radius 1 is 1.38 bits per heavy atom. The fraction of sp³-hybridized carbons (Fsp3) is 0.273. The van der Waals surface area contributed by atoms with Gasteiger partial charge in [-0.25, -0.2) is 4.79 Å². The first-order valence-corrected chi connectivity index (χ1v) is 6.54. The lowest BCUT2D eigenvalue weighted by molar-refractivity contribution is 0.0381. The van der Waals surface area contributed by atoms with Gasteiger partial charge in [0.15, 0.2) is 6.29 Å². The summed E-state index contributed by atoms with van der Waals surface area (Å²) in [7, 11) is 0. The molecule has 0 aliphatic heterocycles. The average Bonchev–Trinajstić information content (AvgIpc) is 2.75. The number of carbonyl (C=O) groups excluding carboxylic acids is 2. The Morgan fingerprint density at radius 3 is 2.69 bits per heavy atom. The van der Waals surface area contributed by atoms with E-state index in [4.69, 9.17) is 4.74 Å². The molecule has 0 N–H and O–H groups in total. The second-order valence-electron chi connectivity index (χ2n) is 3.57. The molecule has 2 heterocycles. The molecule has 0 aromatic carbocycles. The maximum absolute atomic E-state index is 11.8. The molecule has 0 fully saturated rings. The second kappa shape index (κ2) is 4.35. The number of fused-ring (bicyclic) bond motifs is 1. The summed E-state index contributed by atoms with van der Waals surface area (Å²) >= 11 is 2.94. The normalized spacial score (nSPS) is 10.9. The van der Waals surface area contributed by atoms with E-state index in [1.807, 2.05) is 0 Å². The van der Waals surface area contributed by atoms with Crippen LogP contribution in [-0.2, 0) is 4.74 Å². The summed E-state index contributed by atoms with van der Waals surface area (Å²) < 4.78 is 6.11. The van der Waals surface area contributed by atoms with Crippen molar-refractivity contribution >= 4 is 44.3 Å². The molecule has 0 saturated carbocycles. The standard InChI is InChI=1S/C11H10O3S2/c1-6(2)14-10(13)8-5-16-11-9(8)7(3-12)4-15-11/h3-6H,1-2H3. The third-order valence-corrected chi connectivity index (χ3v) is 4.17. The molecule has 2 rings (SSSR count). The topological polar surface area (TPSA) is 43.4 Å².